The summed E-state index contributed by atoms with van der Waals surface area (Å²) < 4.78 is 72.9. The van der Waals surface area contributed by atoms with Gasteiger partial charge in [0.1, 0.15) is 16.3 Å². The Morgan fingerprint density at radius 3 is 2.21 bits per heavy atom. The standard InChI is InChI=1S/C22H15F3N4O3S/c23-22(24,25)17-8-4-3-7-16(17)18-10-9-13(12-27-18)28-29-19-11-20(33(30,31)32)14-5-1-2-6-15(14)21(19)26/h1-12H,26H2,(H,30,31,32). The second-order valence-corrected chi connectivity index (χ2v) is 8.36. The monoisotopic (exact) mass is 472 g/mol. The van der Waals surface area contributed by atoms with Crippen LogP contribution in [0, 0.1) is 0 Å². The third-order valence-electron chi connectivity index (χ3n) is 4.83. The van der Waals surface area contributed by atoms with Crippen LogP contribution in [-0.4, -0.2) is 18.0 Å². The van der Waals surface area contributed by atoms with Gasteiger partial charge in [-0.25, -0.2) is 0 Å². The first-order chi connectivity index (χ1) is 15.6. The van der Waals surface area contributed by atoms with Gasteiger partial charge in [0.05, 0.1) is 23.1 Å². The minimum Gasteiger partial charge on any atom is -0.396 e. The van der Waals surface area contributed by atoms with Crippen molar-refractivity contribution in [1.82, 2.24) is 4.98 Å². The number of rotatable bonds is 4. The van der Waals surface area contributed by atoms with E-state index in [0.717, 1.165) is 12.1 Å². The summed E-state index contributed by atoms with van der Waals surface area (Å²) in [5.74, 6) is 0. The number of nitrogens with zero attached hydrogens (tertiary/aromatic N) is 3. The average Bonchev–Trinajstić information content (AvgIpc) is 2.78. The third-order valence-corrected chi connectivity index (χ3v) is 5.73. The van der Waals surface area contributed by atoms with Crippen molar-refractivity contribution in [2.75, 3.05) is 5.73 Å². The number of anilines is 1. The zero-order valence-electron chi connectivity index (χ0n) is 16.7. The molecule has 0 atom stereocenters. The molecule has 11 heteroatoms. The summed E-state index contributed by atoms with van der Waals surface area (Å²) in [5, 5.41) is 8.51. The first kappa shape index (κ1) is 22.4. The van der Waals surface area contributed by atoms with Gasteiger partial charge in [-0.2, -0.15) is 21.6 Å². The highest BCUT2D eigenvalue weighted by atomic mass is 32.2. The molecule has 0 aliphatic heterocycles. The molecule has 7 nitrogen and oxygen atoms in total. The smallest absolute Gasteiger partial charge is 0.396 e. The lowest BCUT2D eigenvalue weighted by Gasteiger charge is -2.12. The fourth-order valence-corrected chi connectivity index (χ4v) is 4.03. The highest BCUT2D eigenvalue weighted by molar-refractivity contribution is 7.86. The van der Waals surface area contributed by atoms with Gasteiger partial charge < -0.3 is 5.73 Å². The van der Waals surface area contributed by atoms with E-state index in [0.29, 0.717) is 5.39 Å². The van der Waals surface area contributed by atoms with Crippen LogP contribution in [0.3, 0.4) is 0 Å². The van der Waals surface area contributed by atoms with Crippen LogP contribution in [0.25, 0.3) is 22.0 Å². The van der Waals surface area contributed by atoms with E-state index in [4.69, 9.17) is 5.73 Å². The van der Waals surface area contributed by atoms with Crippen LogP contribution in [0.5, 0.6) is 0 Å². The van der Waals surface area contributed by atoms with Crippen molar-refractivity contribution in [3.63, 3.8) is 0 Å². The van der Waals surface area contributed by atoms with Crippen LogP contribution in [0.4, 0.5) is 30.2 Å². The molecule has 0 radical (unpaired) electrons. The molecule has 168 valence electrons. The summed E-state index contributed by atoms with van der Waals surface area (Å²) in [4.78, 5) is 3.67. The molecular formula is C22H15F3N4O3S. The van der Waals surface area contributed by atoms with Crippen LogP contribution in [0.2, 0.25) is 0 Å². The van der Waals surface area contributed by atoms with E-state index in [1.807, 2.05) is 0 Å². The maximum absolute atomic E-state index is 13.3. The summed E-state index contributed by atoms with van der Waals surface area (Å²) in [6, 6.07) is 15.3. The van der Waals surface area contributed by atoms with Gasteiger partial charge in [0.15, 0.2) is 0 Å². The molecule has 0 aliphatic carbocycles. The van der Waals surface area contributed by atoms with Crippen LogP contribution in [0.15, 0.2) is 88.1 Å². The van der Waals surface area contributed by atoms with Gasteiger partial charge >= 0.3 is 6.18 Å². The molecule has 4 aromatic rings. The predicted octanol–water partition coefficient (Wildman–Crippen LogP) is 6.16. The number of nitrogen functional groups attached to an aromatic ring is 1. The molecule has 3 N–H and O–H groups in total. The van der Waals surface area contributed by atoms with E-state index < -0.39 is 21.9 Å². The Hall–Kier alpha value is -3.83. The van der Waals surface area contributed by atoms with E-state index in [9.17, 15) is 26.1 Å². The van der Waals surface area contributed by atoms with Crippen molar-refractivity contribution >= 4 is 38.0 Å². The number of aromatic nitrogens is 1. The van der Waals surface area contributed by atoms with Gasteiger partial charge in [0, 0.05) is 16.3 Å². The summed E-state index contributed by atoms with van der Waals surface area (Å²) >= 11 is 0. The van der Waals surface area contributed by atoms with Crippen molar-refractivity contribution in [2.24, 2.45) is 10.2 Å². The first-order valence-electron chi connectivity index (χ1n) is 9.39. The number of nitrogens with two attached hydrogens (primary N) is 1. The predicted molar refractivity (Wildman–Crippen MR) is 117 cm³/mol. The normalized spacial score (nSPS) is 12.5. The van der Waals surface area contributed by atoms with Gasteiger partial charge in [-0.3, -0.25) is 9.54 Å². The Morgan fingerprint density at radius 1 is 0.909 bits per heavy atom. The lowest BCUT2D eigenvalue weighted by molar-refractivity contribution is -0.137. The van der Waals surface area contributed by atoms with Crippen molar-refractivity contribution in [1.29, 1.82) is 0 Å². The van der Waals surface area contributed by atoms with Crippen molar-refractivity contribution < 1.29 is 26.1 Å². The lowest BCUT2D eigenvalue weighted by atomic mass is 10.0. The molecule has 0 saturated carbocycles. The Bertz CT molecular complexity index is 1490. The van der Waals surface area contributed by atoms with E-state index in [1.165, 1.54) is 42.6 Å². The number of alkyl halides is 3. The zero-order valence-corrected chi connectivity index (χ0v) is 17.5. The van der Waals surface area contributed by atoms with Gasteiger partial charge in [-0.05, 0) is 24.3 Å². The molecule has 0 amide bonds. The Morgan fingerprint density at radius 2 is 1.58 bits per heavy atom. The maximum atomic E-state index is 13.3. The van der Waals surface area contributed by atoms with E-state index in [2.05, 4.69) is 15.2 Å². The van der Waals surface area contributed by atoms with Gasteiger partial charge in [-0.15, -0.1) is 10.2 Å². The molecule has 3 aromatic carbocycles. The first-order valence-corrected chi connectivity index (χ1v) is 10.8. The summed E-state index contributed by atoms with van der Waals surface area (Å²) in [6.45, 7) is 0. The molecule has 1 aromatic heterocycles. The number of fused-ring (bicyclic) bond motifs is 1. The molecule has 4 rings (SSSR count). The van der Waals surface area contributed by atoms with Crippen LogP contribution in [-0.2, 0) is 16.3 Å². The summed E-state index contributed by atoms with van der Waals surface area (Å²) in [7, 11) is -4.57. The van der Waals surface area contributed by atoms with Crippen molar-refractivity contribution in [3.05, 3.63) is 78.5 Å². The van der Waals surface area contributed by atoms with Gasteiger partial charge in [-0.1, -0.05) is 42.5 Å². The molecule has 0 bridgehead atoms. The van der Waals surface area contributed by atoms with Crippen LogP contribution in [0.1, 0.15) is 5.56 Å². The minimum absolute atomic E-state index is 0.00665. The summed E-state index contributed by atoms with van der Waals surface area (Å²) in [6.07, 6.45) is -3.30. The highest BCUT2D eigenvalue weighted by Gasteiger charge is 2.33. The minimum atomic E-state index is -4.57. The third kappa shape index (κ3) is 4.54. The molecule has 0 fully saturated rings. The molecule has 1 heterocycles. The SMILES string of the molecule is Nc1c(N=Nc2ccc(-c3ccccc3C(F)(F)F)nc2)cc(S(=O)(=O)O)c2ccccc12. The van der Waals surface area contributed by atoms with Crippen LogP contribution >= 0.6 is 0 Å². The quantitative estimate of drug-likeness (QED) is 0.209. The van der Waals surface area contributed by atoms with Crippen molar-refractivity contribution in [3.8, 4) is 11.3 Å². The number of pyridine rings is 1. The number of azo groups is 1. The van der Waals surface area contributed by atoms with Gasteiger partial charge in [0.25, 0.3) is 10.1 Å². The Labute approximate surface area is 186 Å². The molecule has 0 saturated heterocycles. The second-order valence-electron chi connectivity index (χ2n) is 6.97. The Kier molecular flexibility index (Phi) is 5.60. The highest BCUT2D eigenvalue weighted by Crippen LogP contribution is 2.38. The number of hydrogen-bond acceptors (Lipinski definition) is 6. The van der Waals surface area contributed by atoms with Gasteiger partial charge in [0.2, 0.25) is 0 Å². The van der Waals surface area contributed by atoms with Crippen LogP contribution < -0.4 is 5.73 Å². The van der Waals surface area contributed by atoms with E-state index in [1.54, 1.807) is 18.2 Å². The number of benzene rings is 3. The largest absolute Gasteiger partial charge is 0.417 e. The van der Waals surface area contributed by atoms with Crippen molar-refractivity contribution in [2.45, 2.75) is 11.1 Å². The average molecular weight is 472 g/mol. The zero-order chi connectivity index (χ0) is 23.8. The van der Waals surface area contributed by atoms with E-state index >= 15 is 0 Å². The van der Waals surface area contributed by atoms with E-state index in [-0.39, 0.29) is 38.6 Å². The molecule has 33 heavy (non-hydrogen) atoms. The fraction of sp³-hybridized carbons (Fsp3) is 0.0455. The summed E-state index contributed by atoms with van der Waals surface area (Å²) in [5.41, 5.74) is 5.64. The fourth-order valence-electron chi connectivity index (χ4n) is 3.32. The number of halogens is 3. The maximum Gasteiger partial charge on any atom is 0.417 e. The molecule has 0 unspecified atom stereocenters. The topological polar surface area (TPSA) is 118 Å². The molecule has 0 aliphatic rings. The lowest BCUT2D eigenvalue weighted by Crippen LogP contribution is -2.07. The number of hydrogen-bond donors (Lipinski definition) is 2. The molecule has 0 spiro atoms. The second kappa shape index (κ2) is 8.26. The Balaban J connectivity index is 1.71. The molecular weight excluding hydrogens is 457 g/mol.